The van der Waals surface area contributed by atoms with Gasteiger partial charge in [-0.15, -0.1) is 0 Å². The summed E-state index contributed by atoms with van der Waals surface area (Å²) in [6.07, 6.45) is 49.0. The molecule has 1 atom stereocenters. The third-order valence-corrected chi connectivity index (χ3v) is 10.4. The van der Waals surface area contributed by atoms with Crippen molar-refractivity contribution in [1.29, 1.82) is 0 Å². The summed E-state index contributed by atoms with van der Waals surface area (Å²) in [6, 6.07) is 0. The fraction of sp³-hybridized carbons (Fsp3) is 0.857. The molecule has 55 heavy (non-hydrogen) atoms. The molecule has 0 fully saturated rings. The van der Waals surface area contributed by atoms with Gasteiger partial charge in [-0.1, -0.05) is 186 Å². The molecular weight excluding hydrogens is 685 g/mol. The van der Waals surface area contributed by atoms with E-state index >= 15 is 0 Å². The molecule has 0 rings (SSSR count). The van der Waals surface area contributed by atoms with Gasteiger partial charge in [0.2, 0.25) is 0 Å². The second kappa shape index (κ2) is 44.6. The molecule has 0 aromatic rings. The van der Waals surface area contributed by atoms with E-state index in [9.17, 15) is 14.4 Å². The molecule has 0 radical (unpaired) electrons. The van der Waals surface area contributed by atoms with E-state index in [1.807, 2.05) is 0 Å². The van der Waals surface area contributed by atoms with Gasteiger partial charge in [0, 0.05) is 19.3 Å². The first-order chi connectivity index (χ1) is 27.0. The number of rotatable bonds is 43. The first-order valence-corrected chi connectivity index (χ1v) is 23.8. The zero-order valence-electron chi connectivity index (χ0n) is 36.7. The maximum Gasteiger partial charge on any atom is 0.306 e. The van der Waals surface area contributed by atoms with Gasteiger partial charge < -0.3 is 14.2 Å². The summed E-state index contributed by atoms with van der Waals surface area (Å²) in [5.41, 5.74) is 0. The third kappa shape index (κ3) is 42.9. The highest BCUT2D eigenvalue weighted by Gasteiger charge is 2.19. The predicted molar refractivity (Wildman–Crippen MR) is 233 cm³/mol. The lowest BCUT2D eigenvalue weighted by Crippen LogP contribution is -2.30. The topological polar surface area (TPSA) is 78.9 Å². The molecule has 0 spiro atoms. The Morgan fingerprint density at radius 1 is 0.345 bits per heavy atom. The Hall–Kier alpha value is -2.11. The highest BCUT2D eigenvalue weighted by atomic mass is 16.6. The molecule has 0 saturated carbocycles. The minimum atomic E-state index is -0.768. The van der Waals surface area contributed by atoms with Crippen molar-refractivity contribution in [2.45, 2.75) is 258 Å². The first kappa shape index (κ1) is 52.9. The van der Waals surface area contributed by atoms with Crippen LogP contribution in [0.3, 0.4) is 0 Å². The molecule has 0 aliphatic carbocycles. The van der Waals surface area contributed by atoms with Crippen molar-refractivity contribution in [1.82, 2.24) is 0 Å². The van der Waals surface area contributed by atoms with E-state index in [-0.39, 0.29) is 31.1 Å². The highest BCUT2D eigenvalue weighted by Crippen LogP contribution is 2.14. The van der Waals surface area contributed by atoms with Crippen molar-refractivity contribution in [3.8, 4) is 0 Å². The van der Waals surface area contributed by atoms with E-state index in [0.29, 0.717) is 19.3 Å². The van der Waals surface area contributed by atoms with E-state index in [0.717, 1.165) is 64.2 Å². The van der Waals surface area contributed by atoms with Crippen molar-refractivity contribution in [3.05, 3.63) is 24.3 Å². The fourth-order valence-corrected chi connectivity index (χ4v) is 6.78. The molecule has 0 amide bonds. The molecule has 6 heteroatoms. The van der Waals surface area contributed by atoms with Crippen LogP contribution >= 0.6 is 0 Å². The van der Waals surface area contributed by atoms with Crippen LogP contribution in [0.1, 0.15) is 252 Å². The number of unbranched alkanes of at least 4 members (excludes halogenated alkanes) is 28. The van der Waals surface area contributed by atoms with Crippen molar-refractivity contribution >= 4 is 17.9 Å². The SMILES string of the molecule is CCCCC/C=C\CCCCCCCC(=O)OC(COC(=O)CCCCCCCC)COC(=O)CCCCCCCCCCC/C=C\CCCCCCCC. The normalized spacial score (nSPS) is 12.1. The average Bonchev–Trinajstić information content (AvgIpc) is 3.18. The van der Waals surface area contributed by atoms with Crippen LogP contribution in [0.25, 0.3) is 0 Å². The lowest BCUT2D eigenvalue weighted by Gasteiger charge is -2.18. The molecule has 0 bridgehead atoms. The molecule has 322 valence electrons. The number of hydrogen-bond acceptors (Lipinski definition) is 6. The van der Waals surface area contributed by atoms with Crippen LogP contribution in [0.2, 0.25) is 0 Å². The Kier molecular flexibility index (Phi) is 42.9. The van der Waals surface area contributed by atoms with Crippen LogP contribution in [-0.4, -0.2) is 37.2 Å². The summed E-state index contributed by atoms with van der Waals surface area (Å²) in [4.78, 5) is 37.6. The summed E-state index contributed by atoms with van der Waals surface area (Å²) >= 11 is 0. The number of hydrogen-bond donors (Lipinski definition) is 0. The molecule has 0 heterocycles. The van der Waals surface area contributed by atoms with Crippen molar-refractivity contribution in [2.75, 3.05) is 13.2 Å². The Morgan fingerprint density at radius 3 is 0.945 bits per heavy atom. The number of ether oxygens (including phenoxy) is 3. The van der Waals surface area contributed by atoms with Gasteiger partial charge in [-0.2, -0.15) is 0 Å². The molecule has 0 saturated heterocycles. The minimum absolute atomic E-state index is 0.0737. The highest BCUT2D eigenvalue weighted by molar-refractivity contribution is 5.71. The lowest BCUT2D eigenvalue weighted by molar-refractivity contribution is -0.167. The van der Waals surface area contributed by atoms with E-state index in [1.165, 1.54) is 148 Å². The summed E-state index contributed by atoms with van der Waals surface area (Å²) < 4.78 is 16.6. The summed E-state index contributed by atoms with van der Waals surface area (Å²) in [5.74, 6) is -0.889. The monoisotopic (exact) mass is 775 g/mol. The lowest BCUT2D eigenvalue weighted by atomic mass is 10.1. The van der Waals surface area contributed by atoms with Crippen LogP contribution in [0.5, 0.6) is 0 Å². The number of carbonyl (C=O) groups excluding carboxylic acids is 3. The van der Waals surface area contributed by atoms with Gasteiger partial charge in [-0.25, -0.2) is 0 Å². The molecule has 6 nitrogen and oxygen atoms in total. The van der Waals surface area contributed by atoms with Gasteiger partial charge in [-0.3, -0.25) is 14.4 Å². The van der Waals surface area contributed by atoms with Crippen molar-refractivity contribution in [3.63, 3.8) is 0 Å². The van der Waals surface area contributed by atoms with Crippen LogP contribution in [0.4, 0.5) is 0 Å². The zero-order chi connectivity index (χ0) is 40.1. The second-order valence-corrected chi connectivity index (χ2v) is 16.0. The third-order valence-electron chi connectivity index (χ3n) is 10.4. The molecule has 0 aromatic carbocycles. The van der Waals surface area contributed by atoms with E-state index in [4.69, 9.17) is 14.2 Å². The second-order valence-electron chi connectivity index (χ2n) is 16.0. The molecule has 0 aliphatic rings. The largest absolute Gasteiger partial charge is 0.462 e. The molecule has 0 aromatic heterocycles. The van der Waals surface area contributed by atoms with Crippen molar-refractivity contribution < 1.29 is 28.6 Å². The molecule has 0 aliphatic heterocycles. The van der Waals surface area contributed by atoms with E-state index < -0.39 is 6.10 Å². The van der Waals surface area contributed by atoms with Crippen LogP contribution in [-0.2, 0) is 28.6 Å². The average molecular weight is 775 g/mol. The minimum Gasteiger partial charge on any atom is -0.462 e. The molecule has 0 N–H and O–H groups in total. The standard InChI is InChI=1S/C49H90O6/c1-4-7-10-13-16-18-20-22-23-24-25-26-27-28-30-31-33-36-39-42-48(51)54-45-46(44-53-47(50)41-38-35-15-12-9-6-3)55-49(52)43-40-37-34-32-29-21-19-17-14-11-8-5-2/h17,19,22-23,46H,4-16,18,20-21,24-45H2,1-3H3/b19-17-,23-22-. The van der Waals surface area contributed by atoms with Crippen LogP contribution in [0, 0.1) is 0 Å². The molecular formula is C49H90O6. The van der Waals surface area contributed by atoms with Gasteiger partial charge >= 0.3 is 17.9 Å². The number of carbonyl (C=O) groups is 3. The Bertz CT molecular complexity index is 896. The maximum absolute atomic E-state index is 12.7. The van der Waals surface area contributed by atoms with Gasteiger partial charge in [0.05, 0.1) is 0 Å². The van der Waals surface area contributed by atoms with Gasteiger partial charge in [-0.05, 0) is 70.6 Å². The van der Waals surface area contributed by atoms with Gasteiger partial charge in [0.25, 0.3) is 0 Å². The predicted octanol–water partition coefficient (Wildman–Crippen LogP) is 15.2. The van der Waals surface area contributed by atoms with E-state index in [2.05, 4.69) is 45.1 Å². The summed E-state index contributed by atoms with van der Waals surface area (Å²) in [7, 11) is 0. The Morgan fingerprint density at radius 2 is 0.600 bits per heavy atom. The number of allylic oxidation sites excluding steroid dienone is 4. The smallest absolute Gasteiger partial charge is 0.306 e. The van der Waals surface area contributed by atoms with Crippen LogP contribution < -0.4 is 0 Å². The van der Waals surface area contributed by atoms with Crippen molar-refractivity contribution in [2.24, 2.45) is 0 Å². The quantitative estimate of drug-likeness (QED) is 0.0266. The van der Waals surface area contributed by atoms with Crippen LogP contribution in [0.15, 0.2) is 24.3 Å². The Balaban J connectivity index is 4.19. The van der Waals surface area contributed by atoms with Gasteiger partial charge in [0.15, 0.2) is 6.10 Å². The first-order valence-electron chi connectivity index (χ1n) is 23.8. The fourth-order valence-electron chi connectivity index (χ4n) is 6.78. The summed E-state index contributed by atoms with van der Waals surface area (Å²) in [5, 5.41) is 0. The Labute approximate surface area is 341 Å². The molecule has 1 unspecified atom stereocenters. The summed E-state index contributed by atoms with van der Waals surface area (Å²) in [6.45, 7) is 6.55. The van der Waals surface area contributed by atoms with Gasteiger partial charge in [0.1, 0.15) is 13.2 Å². The zero-order valence-corrected chi connectivity index (χ0v) is 36.7. The number of esters is 3. The van der Waals surface area contributed by atoms with E-state index in [1.54, 1.807) is 0 Å². The maximum atomic E-state index is 12.7.